The molecule has 0 aromatic heterocycles. The van der Waals surface area contributed by atoms with Gasteiger partial charge in [-0.05, 0) is 61.8 Å². The molecular formula is C22H35NO2. The van der Waals surface area contributed by atoms with Crippen LogP contribution in [0.4, 0.5) is 0 Å². The summed E-state index contributed by atoms with van der Waals surface area (Å²) < 4.78 is 5.95. The molecule has 3 nitrogen and oxygen atoms in total. The largest absolute Gasteiger partial charge is 0.494 e. The van der Waals surface area contributed by atoms with E-state index in [1.165, 1.54) is 36.8 Å². The first-order valence-corrected chi connectivity index (χ1v) is 9.89. The van der Waals surface area contributed by atoms with E-state index in [-0.39, 0.29) is 6.61 Å². The van der Waals surface area contributed by atoms with Crippen molar-refractivity contribution >= 4 is 6.08 Å². The predicted octanol–water partition coefficient (Wildman–Crippen LogP) is 5.03. The zero-order valence-electron chi connectivity index (χ0n) is 16.0. The molecule has 1 aromatic rings. The summed E-state index contributed by atoms with van der Waals surface area (Å²) in [6.45, 7) is 4.98. The molecule has 25 heavy (non-hydrogen) atoms. The average Bonchev–Trinajstić information content (AvgIpc) is 2.79. The lowest BCUT2D eigenvalue weighted by atomic mass is 9.82. The van der Waals surface area contributed by atoms with E-state index in [9.17, 15) is 5.11 Å². The minimum absolute atomic E-state index is 0.0193. The lowest BCUT2D eigenvalue weighted by molar-refractivity contribution is 0.191. The molecule has 1 aliphatic rings. The number of benzene rings is 1. The van der Waals surface area contributed by atoms with Gasteiger partial charge in [-0.2, -0.15) is 0 Å². The highest BCUT2D eigenvalue weighted by Crippen LogP contribution is 2.36. The van der Waals surface area contributed by atoms with E-state index in [0.717, 1.165) is 38.0 Å². The van der Waals surface area contributed by atoms with Gasteiger partial charge in [-0.1, -0.05) is 50.8 Å². The van der Waals surface area contributed by atoms with Gasteiger partial charge in [0, 0.05) is 5.54 Å². The Balaban J connectivity index is 1.98. The van der Waals surface area contributed by atoms with Crippen molar-refractivity contribution in [1.29, 1.82) is 0 Å². The van der Waals surface area contributed by atoms with E-state index in [0.29, 0.717) is 5.92 Å². The number of hydrogen-bond donors (Lipinski definition) is 2. The highest BCUT2D eigenvalue weighted by molar-refractivity contribution is 5.58. The van der Waals surface area contributed by atoms with Gasteiger partial charge in [0.05, 0.1) is 13.2 Å². The van der Waals surface area contributed by atoms with Crippen molar-refractivity contribution in [2.75, 3.05) is 13.2 Å². The zero-order valence-corrected chi connectivity index (χ0v) is 16.0. The van der Waals surface area contributed by atoms with E-state index < -0.39 is 5.54 Å². The average molecular weight is 346 g/mol. The number of unbranched alkanes of at least 4 members (excludes halogenated alkanes) is 4. The molecule has 0 spiro atoms. The van der Waals surface area contributed by atoms with Gasteiger partial charge in [-0.15, -0.1) is 0 Å². The third-order valence-electron chi connectivity index (χ3n) is 5.07. The summed E-state index contributed by atoms with van der Waals surface area (Å²) in [6, 6.07) is 6.43. The van der Waals surface area contributed by atoms with Crippen molar-refractivity contribution < 1.29 is 9.84 Å². The molecule has 0 aliphatic heterocycles. The zero-order chi connectivity index (χ0) is 18.1. The maximum Gasteiger partial charge on any atom is 0.119 e. The monoisotopic (exact) mass is 345 g/mol. The van der Waals surface area contributed by atoms with Crippen LogP contribution in [0.25, 0.3) is 6.08 Å². The first-order valence-electron chi connectivity index (χ1n) is 9.89. The van der Waals surface area contributed by atoms with Crippen molar-refractivity contribution in [2.24, 2.45) is 5.73 Å². The van der Waals surface area contributed by atoms with E-state index in [1.54, 1.807) is 0 Å². The van der Waals surface area contributed by atoms with Crippen LogP contribution in [0.15, 0.2) is 24.3 Å². The lowest BCUT2D eigenvalue weighted by Crippen LogP contribution is -2.41. The fraction of sp³-hybridized carbons (Fsp3) is 0.636. The molecule has 3 N–H and O–H groups in total. The number of hydrogen-bond acceptors (Lipinski definition) is 3. The molecule has 2 atom stereocenters. The number of nitrogens with two attached hydrogens (primary N) is 1. The number of ether oxygens (including phenoxy) is 1. The predicted molar refractivity (Wildman–Crippen MR) is 106 cm³/mol. The number of rotatable bonds is 10. The van der Waals surface area contributed by atoms with Crippen molar-refractivity contribution in [3.63, 3.8) is 0 Å². The van der Waals surface area contributed by atoms with Crippen molar-refractivity contribution in [2.45, 2.75) is 76.7 Å². The van der Waals surface area contributed by atoms with Crippen molar-refractivity contribution in [3.05, 3.63) is 35.4 Å². The second-order valence-corrected chi connectivity index (χ2v) is 7.75. The van der Waals surface area contributed by atoms with Crippen LogP contribution < -0.4 is 10.5 Å². The van der Waals surface area contributed by atoms with Crippen LogP contribution >= 0.6 is 0 Å². The van der Waals surface area contributed by atoms with Gasteiger partial charge >= 0.3 is 0 Å². The second kappa shape index (κ2) is 9.98. The van der Waals surface area contributed by atoms with E-state index in [4.69, 9.17) is 10.5 Å². The Morgan fingerprint density at radius 1 is 1.24 bits per heavy atom. The van der Waals surface area contributed by atoms with Gasteiger partial charge in [-0.25, -0.2) is 0 Å². The summed E-state index contributed by atoms with van der Waals surface area (Å²) in [5.74, 6) is 1.34. The highest BCUT2D eigenvalue weighted by atomic mass is 16.5. The lowest BCUT2D eigenvalue weighted by Gasteiger charge is -2.28. The fourth-order valence-corrected chi connectivity index (χ4v) is 3.56. The number of allylic oxidation sites excluding steroid dienone is 1. The minimum Gasteiger partial charge on any atom is -0.494 e. The SMILES string of the molecule is CCCCCCCOc1ccc2c(c1)C=CCC[C@@H]2C[C@@](C)(N)CO. The molecule has 0 heterocycles. The van der Waals surface area contributed by atoms with E-state index in [2.05, 4.69) is 37.3 Å². The van der Waals surface area contributed by atoms with Crippen LogP contribution in [0.2, 0.25) is 0 Å². The fourth-order valence-electron chi connectivity index (χ4n) is 3.56. The van der Waals surface area contributed by atoms with E-state index in [1.807, 2.05) is 6.92 Å². The number of fused-ring (bicyclic) bond motifs is 1. The molecule has 0 fully saturated rings. The first-order chi connectivity index (χ1) is 12.1. The summed E-state index contributed by atoms with van der Waals surface area (Å²) in [4.78, 5) is 0. The first kappa shape index (κ1) is 20.0. The van der Waals surface area contributed by atoms with Crippen LogP contribution in [-0.4, -0.2) is 23.9 Å². The Kier molecular flexibility index (Phi) is 7.98. The molecule has 0 bridgehead atoms. The standard InChI is InChI=1S/C22H35NO2/c1-3-4-5-6-9-14-25-20-12-13-21-18(15-20)10-7-8-11-19(21)16-22(2,23)17-24/h7,10,12-13,15,19,24H,3-6,8-9,11,14,16-17,23H2,1-2H3/t19-,22-/m1/s1. The topological polar surface area (TPSA) is 55.5 Å². The molecule has 0 radical (unpaired) electrons. The molecule has 0 saturated carbocycles. The van der Waals surface area contributed by atoms with Gasteiger partial charge in [0.15, 0.2) is 0 Å². The number of aliphatic hydroxyl groups excluding tert-OH is 1. The quantitative estimate of drug-likeness (QED) is 0.585. The summed E-state index contributed by atoms with van der Waals surface area (Å²) in [6.07, 6.45) is 13.6. The van der Waals surface area contributed by atoms with Gasteiger partial charge in [-0.3, -0.25) is 0 Å². The maximum absolute atomic E-state index is 9.50. The van der Waals surface area contributed by atoms with Crippen LogP contribution in [-0.2, 0) is 0 Å². The Labute approximate surface area is 153 Å². The molecule has 0 saturated heterocycles. The molecule has 140 valence electrons. The molecule has 2 rings (SSSR count). The Morgan fingerprint density at radius 2 is 2.04 bits per heavy atom. The van der Waals surface area contributed by atoms with E-state index >= 15 is 0 Å². The normalized spacial score (nSPS) is 19.1. The van der Waals surface area contributed by atoms with Gasteiger partial charge in [0.1, 0.15) is 5.75 Å². The third kappa shape index (κ3) is 6.48. The second-order valence-electron chi connectivity index (χ2n) is 7.75. The molecule has 0 unspecified atom stereocenters. The molecule has 1 aliphatic carbocycles. The van der Waals surface area contributed by atoms with Gasteiger partial charge in [0.2, 0.25) is 0 Å². The molecule has 1 aromatic carbocycles. The Morgan fingerprint density at radius 3 is 2.80 bits per heavy atom. The summed E-state index contributed by atoms with van der Waals surface area (Å²) in [7, 11) is 0. The minimum atomic E-state index is -0.528. The van der Waals surface area contributed by atoms with Gasteiger partial charge in [0.25, 0.3) is 0 Å². The highest BCUT2D eigenvalue weighted by Gasteiger charge is 2.26. The van der Waals surface area contributed by atoms with Crippen LogP contribution in [0.3, 0.4) is 0 Å². The van der Waals surface area contributed by atoms with Crippen LogP contribution in [0.5, 0.6) is 5.75 Å². The summed E-state index contributed by atoms with van der Waals surface area (Å²) in [5.41, 5.74) is 8.24. The van der Waals surface area contributed by atoms with Crippen LogP contribution in [0, 0.1) is 0 Å². The summed E-state index contributed by atoms with van der Waals surface area (Å²) >= 11 is 0. The van der Waals surface area contributed by atoms with Crippen LogP contribution in [0.1, 0.15) is 82.3 Å². The third-order valence-corrected chi connectivity index (χ3v) is 5.07. The Hall–Kier alpha value is -1.32. The smallest absolute Gasteiger partial charge is 0.119 e. The molecular weight excluding hydrogens is 310 g/mol. The van der Waals surface area contributed by atoms with Gasteiger partial charge < -0.3 is 15.6 Å². The summed E-state index contributed by atoms with van der Waals surface area (Å²) in [5, 5.41) is 9.50. The number of aliphatic hydroxyl groups is 1. The molecule has 0 amide bonds. The maximum atomic E-state index is 9.50. The Bertz CT molecular complexity index is 551. The molecule has 3 heteroatoms. The van der Waals surface area contributed by atoms with Crippen molar-refractivity contribution in [1.82, 2.24) is 0 Å². The van der Waals surface area contributed by atoms with Crippen molar-refractivity contribution in [3.8, 4) is 5.75 Å².